The predicted molar refractivity (Wildman–Crippen MR) is 82.3 cm³/mol. The van der Waals surface area contributed by atoms with Crippen molar-refractivity contribution in [1.29, 1.82) is 0 Å². The van der Waals surface area contributed by atoms with Gasteiger partial charge in [0.25, 0.3) is 0 Å². The van der Waals surface area contributed by atoms with Crippen LogP contribution in [0.4, 0.5) is 0 Å². The van der Waals surface area contributed by atoms with Crippen LogP contribution < -0.4 is 9.47 Å². The van der Waals surface area contributed by atoms with Gasteiger partial charge >= 0.3 is 0 Å². The number of aliphatic hydroxyl groups excluding tert-OH is 1. The van der Waals surface area contributed by atoms with E-state index in [2.05, 4.69) is 0 Å². The second-order valence-corrected chi connectivity index (χ2v) is 5.08. The Morgan fingerprint density at radius 2 is 1.71 bits per heavy atom. The Balaban J connectivity index is 2.34. The molecule has 1 N–H and O–H groups in total. The molecule has 4 nitrogen and oxygen atoms in total. The molecular weight excluding hydrogens is 268 g/mol. The molecular formula is C17H20O4. The van der Waals surface area contributed by atoms with Gasteiger partial charge in [0, 0.05) is 12.0 Å². The number of rotatable bonds is 6. The average Bonchev–Trinajstić information content (AvgIpc) is 2.50. The molecule has 0 amide bonds. The van der Waals surface area contributed by atoms with Crippen LogP contribution in [0, 0.1) is 0 Å². The molecule has 1 unspecified atom stereocenters. The Morgan fingerprint density at radius 3 is 2.29 bits per heavy atom. The molecule has 4 heteroatoms. The van der Waals surface area contributed by atoms with Crippen molar-refractivity contribution < 1.29 is 19.4 Å². The summed E-state index contributed by atoms with van der Waals surface area (Å²) in [7, 11) is 3.18. The quantitative estimate of drug-likeness (QED) is 0.829. The second kappa shape index (κ2) is 6.59. The maximum atomic E-state index is 12.1. The summed E-state index contributed by atoms with van der Waals surface area (Å²) in [5.74, 6) is 1.34. The van der Waals surface area contributed by atoms with E-state index in [4.69, 9.17) is 9.47 Å². The van der Waals surface area contributed by atoms with Crippen molar-refractivity contribution in [1.82, 2.24) is 0 Å². The molecule has 0 aliphatic heterocycles. The van der Waals surface area contributed by atoms with Crippen molar-refractivity contribution in [2.24, 2.45) is 0 Å². The molecule has 2 aromatic carbocycles. The fourth-order valence-corrected chi connectivity index (χ4v) is 2.23. The van der Waals surface area contributed by atoms with E-state index >= 15 is 0 Å². The van der Waals surface area contributed by atoms with Crippen LogP contribution in [0.2, 0.25) is 0 Å². The van der Waals surface area contributed by atoms with Crippen molar-refractivity contribution in [3.8, 4) is 11.5 Å². The lowest BCUT2D eigenvalue weighted by molar-refractivity contribution is 0.0949. The first-order chi connectivity index (χ1) is 10.0. The Labute approximate surface area is 124 Å². The predicted octanol–water partition coefficient (Wildman–Crippen LogP) is 3.20. The molecule has 2 aromatic rings. The van der Waals surface area contributed by atoms with Gasteiger partial charge in [-0.1, -0.05) is 12.1 Å². The van der Waals surface area contributed by atoms with Gasteiger partial charge in [-0.15, -0.1) is 0 Å². The van der Waals surface area contributed by atoms with E-state index in [9.17, 15) is 9.90 Å². The minimum Gasteiger partial charge on any atom is -0.493 e. The van der Waals surface area contributed by atoms with Crippen molar-refractivity contribution in [2.75, 3.05) is 14.2 Å². The first-order valence-corrected chi connectivity index (χ1v) is 6.92. The molecule has 1 atom stereocenters. The Bertz CT molecular complexity index is 647. The monoisotopic (exact) mass is 288 g/mol. The number of fused-ring (bicyclic) bond motifs is 1. The highest BCUT2D eigenvalue weighted by Gasteiger charge is 2.10. The molecule has 21 heavy (non-hydrogen) atoms. The first-order valence-electron chi connectivity index (χ1n) is 6.92. The normalized spacial score (nSPS) is 12.2. The number of hydrogen-bond donors (Lipinski definition) is 1. The Hall–Kier alpha value is -2.07. The van der Waals surface area contributed by atoms with Crippen LogP contribution in [0.15, 0.2) is 30.3 Å². The number of ether oxygens (including phenoxy) is 2. The number of benzene rings is 2. The van der Waals surface area contributed by atoms with E-state index in [-0.39, 0.29) is 5.78 Å². The Morgan fingerprint density at radius 1 is 1.10 bits per heavy atom. The molecule has 0 saturated heterocycles. The zero-order valence-electron chi connectivity index (χ0n) is 12.6. The molecule has 112 valence electrons. The van der Waals surface area contributed by atoms with Crippen molar-refractivity contribution in [3.05, 3.63) is 35.9 Å². The topological polar surface area (TPSA) is 55.8 Å². The van der Waals surface area contributed by atoms with E-state index in [0.717, 1.165) is 10.8 Å². The third-order valence-electron chi connectivity index (χ3n) is 3.45. The maximum absolute atomic E-state index is 12.1. The van der Waals surface area contributed by atoms with Crippen molar-refractivity contribution in [2.45, 2.75) is 25.9 Å². The number of aliphatic hydroxyl groups is 1. The molecule has 2 rings (SSSR count). The van der Waals surface area contributed by atoms with Crippen LogP contribution in [0.3, 0.4) is 0 Å². The van der Waals surface area contributed by atoms with E-state index in [0.29, 0.717) is 29.9 Å². The smallest absolute Gasteiger partial charge is 0.162 e. The van der Waals surface area contributed by atoms with Gasteiger partial charge in [0.1, 0.15) is 0 Å². The lowest BCUT2D eigenvalue weighted by Gasteiger charge is -2.10. The molecule has 0 fully saturated rings. The molecule has 0 bridgehead atoms. The third kappa shape index (κ3) is 3.52. The number of carbonyl (C=O) groups is 1. The number of carbonyl (C=O) groups excluding carboxylic acids is 1. The van der Waals surface area contributed by atoms with Crippen LogP contribution in [0.25, 0.3) is 10.8 Å². The summed E-state index contributed by atoms with van der Waals surface area (Å²) in [5.41, 5.74) is 0.648. The minimum atomic E-state index is -0.459. The summed E-state index contributed by atoms with van der Waals surface area (Å²) in [5, 5.41) is 11.2. The summed E-state index contributed by atoms with van der Waals surface area (Å²) < 4.78 is 10.5. The van der Waals surface area contributed by atoms with Gasteiger partial charge in [0.15, 0.2) is 17.3 Å². The van der Waals surface area contributed by atoms with E-state index in [1.165, 1.54) is 0 Å². The zero-order valence-corrected chi connectivity index (χ0v) is 12.6. The standard InChI is InChI=1S/C17H20O4/c1-11(18)4-7-15(19)13-6-5-12-9-16(20-2)17(21-3)10-14(12)8-13/h5-6,8-11,18H,4,7H2,1-3H3. The number of Topliss-reactive ketones (excluding diaryl/α,β-unsaturated/α-hetero) is 1. The highest BCUT2D eigenvalue weighted by Crippen LogP contribution is 2.32. The van der Waals surface area contributed by atoms with Gasteiger partial charge in [0.2, 0.25) is 0 Å². The largest absolute Gasteiger partial charge is 0.493 e. The van der Waals surface area contributed by atoms with Gasteiger partial charge in [-0.05, 0) is 42.3 Å². The highest BCUT2D eigenvalue weighted by molar-refractivity contribution is 6.00. The average molecular weight is 288 g/mol. The molecule has 0 aliphatic carbocycles. The molecule has 0 radical (unpaired) electrons. The summed E-state index contributed by atoms with van der Waals surface area (Å²) in [4.78, 5) is 12.1. The van der Waals surface area contributed by atoms with Crippen LogP contribution in [-0.2, 0) is 0 Å². The number of ketones is 1. The highest BCUT2D eigenvalue weighted by atomic mass is 16.5. The van der Waals surface area contributed by atoms with Gasteiger partial charge in [0.05, 0.1) is 20.3 Å². The van der Waals surface area contributed by atoms with Crippen LogP contribution >= 0.6 is 0 Å². The summed E-state index contributed by atoms with van der Waals surface area (Å²) >= 11 is 0. The van der Waals surface area contributed by atoms with E-state index < -0.39 is 6.10 Å². The molecule has 0 heterocycles. The SMILES string of the molecule is COc1cc2ccc(C(=O)CCC(C)O)cc2cc1OC. The van der Waals surface area contributed by atoms with Gasteiger partial charge in [-0.2, -0.15) is 0 Å². The van der Waals surface area contributed by atoms with E-state index in [1.807, 2.05) is 24.3 Å². The summed E-state index contributed by atoms with van der Waals surface area (Å²) in [6, 6.07) is 9.30. The lowest BCUT2D eigenvalue weighted by Crippen LogP contribution is -2.05. The zero-order chi connectivity index (χ0) is 15.4. The number of methoxy groups -OCH3 is 2. The maximum Gasteiger partial charge on any atom is 0.162 e. The van der Waals surface area contributed by atoms with Gasteiger partial charge in [-0.3, -0.25) is 4.79 Å². The van der Waals surface area contributed by atoms with Crippen molar-refractivity contribution >= 4 is 16.6 Å². The minimum absolute atomic E-state index is 0.0348. The van der Waals surface area contributed by atoms with Gasteiger partial charge in [-0.25, -0.2) is 0 Å². The molecule has 0 aliphatic rings. The third-order valence-corrected chi connectivity index (χ3v) is 3.45. The lowest BCUT2D eigenvalue weighted by atomic mass is 10.0. The fraction of sp³-hybridized carbons (Fsp3) is 0.353. The molecule has 0 aromatic heterocycles. The van der Waals surface area contributed by atoms with Gasteiger partial charge < -0.3 is 14.6 Å². The fourth-order valence-electron chi connectivity index (χ4n) is 2.23. The van der Waals surface area contributed by atoms with Crippen LogP contribution in [0.1, 0.15) is 30.1 Å². The van der Waals surface area contributed by atoms with Crippen LogP contribution in [-0.4, -0.2) is 31.2 Å². The van der Waals surface area contributed by atoms with Crippen molar-refractivity contribution in [3.63, 3.8) is 0 Å². The Kier molecular flexibility index (Phi) is 4.81. The first kappa shape index (κ1) is 15.3. The second-order valence-electron chi connectivity index (χ2n) is 5.08. The molecule has 0 saturated carbocycles. The summed E-state index contributed by atoms with van der Waals surface area (Å²) in [6.07, 6.45) is 0.359. The van der Waals surface area contributed by atoms with E-state index in [1.54, 1.807) is 27.2 Å². The number of hydrogen-bond acceptors (Lipinski definition) is 4. The van der Waals surface area contributed by atoms with Crippen LogP contribution in [0.5, 0.6) is 11.5 Å². The summed E-state index contributed by atoms with van der Waals surface area (Å²) in [6.45, 7) is 1.69. The molecule has 0 spiro atoms.